The minimum atomic E-state index is -4.71. The first-order chi connectivity index (χ1) is 13.3. The summed E-state index contributed by atoms with van der Waals surface area (Å²) in [7, 11) is 0. The molecule has 0 atom stereocenters. The van der Waals surface area contributed by atoms with Crippen LogP contribution in [0.2, 0.25) is 0 Å². The number of hydrogen-bond donors (Lipinski definition) is 2. The van der Waals surface area contributed by atoms with E-state index in [9.17, 15) is 22.8 Å². The van der Waals surface area contributed by atoms with Crippen LogP contribution < -0.4 is 10.6 Å². The van der Waals surface area contributed by atoms with Gasteiger partial charge in [-0.2, -0.15) is 13.2 Å². The van der Waals surface area contributed by atoms with Crippen LogP contribution in [0.4, 0.5) is 18.9 Å². The third-order valence-electron chi connectivity index (χ3n) is 3.80. The molecule has 0 spiro atoms. The second-order valence-electron chi connectivity index (χ2n) is 5.81. The number of imidazole rings is 1. The quantitative estimate of drug-likeness (QED) is 0.618. The summed E-state index contributed by atoms with van der Waals surface area (Å²) >= 11 is 3.28. The van der Waals surface area contributed by atoms with Gasteiger partial charge in [-0.15, -0.1) is 0 Å². The molecule has 0 aliphatic carbocycles. The Morgan fingerprint density at radius 2 is 1.71 bits per heavy atom. The van der Waals surface area contributed by atoms with Gasteiger partial charge in [0.05, 0.1) is 23.3 Å². The van der Waals surface area contributed by atoms with Gasteiger partial charge in [-0.25, -0.2) is 4.98 Å². The van der Waals surface area contributed by atoms with Gasteiger partial charge in [-0.3, -0.25) is 9.59 Å². The third kappa shape index (κ3) is 4.50. The van der Waals surface area contributed by atoms with Crippen molar-refractivity contribution in [3.05, 3.63) is 58.8 Å². The van der Waals surface area contributed by atoms with Gasteiger partial charge in [-0.05, 0) is 40.2 Å². The van der Waals surface area contributed by atoms with E-state index in [1.807, 2.05) is 0 Å². The lowest BCUT2D eigenvalue weighted by molar-refractivity contribution is -0.147. The van der Waals surface area contributed by atoms with Crippen LogP contribution in [0.15, 0.2) is 53.0 Å². The number of alkyl halides is 3. The molecular formula is C18H14BrF3N4O2. The maximum Gasteiger partial charge on any atom is 0.449 e. The fraction of sp³-hybridized carbons (Fsp3) is 0.167. The summed E-state index contributed by atoms with van der Waals surface area (Å²) in [6.07, 6.45) is -4.71. The highest BCUT2D eigenvalue weighted by molar-refractivity contribution is 9.10. The summed E-state index contributed by atoms with van der Waals surface area (Å²) in [5.41, 5.74) is 0.832. The molecule has 10 heteroatoms. The third-order valence-corrected chi connectivity index (χ3v) is 4.50. The Bertz CT molecular complexity index is 1030. The van der Waals surface area contributed by atoms with E-state index in [1.165, 1.54) is 12.1 Å². The molecule has 0 radical (unpaired) electrons. The maximum absolute atomic E-state index is 13.2. The van der Waals surface area contributed by atoms with E-state index in [4.69, 9.17) is 0 Å². The minimum Gasteiger partial charge on any atom is -0.345 e. The van der Waals surface area contributed by atoms with Crippen LogP contribution >= 0.6 is 15.9 Å². The molecule has 146 valence electrons. The average Bonchev–Trinajstić information content (AvgIpc) is 3.01. The number of rotatable bonds is 5. The zero-order valence-corrected chi connectivity index (χ0v) is 15.8. The zero-order valence-electron chi connectivity index (χ0n) is 14.3. The van der Waals surface area contributed by atoms with E-state index < -0.39 is 30.4 Å². The molecular weight excluding hydrogens is 441 g/mol. The van der Waals surface area contributed by atoms with Crippen LogP contribution in [0.3, 0.4) is 0 Å². The molecule has 3 aromatic rings. The molecule has 0 aliphatic heterocycles. The first-order valence-electron chi connectivity index (χ1n) is 8.09. The molecule has 0 saturated carbocycles. The molecule has 2 aromatic carbocycles. The van der Waals surface area contributed by atoms with Gasteiger partial charge < -0.3 is 15.2 Å². The molecule has 0 bridgehead atoms. The zero-order chi connectivity index (χ0) is 20.3. The lowest BCUT2D eigenvalue weighted by Gasteiger charge is -2.12. The number of fused-ring (bicyclic) bond motifs is 1. The number of para-hydroxylation sites is 3. The van der Waals surface area contributed by atoms with Crippen LogP contribution in [-0.2, 0) is 22.3 Å². The van der Waals surface area contributed by atoms with E-state index in [0.717, 1.165) is 4.57 Å². The van der Waals surface area contributed by atoms with Gasteiger partial charge in [0.25, 0.3) is 0 Å². The van der Waals surface area contributed by atoms with E-state index in [-0.39, 0.29) is 17.6 Å². The lowest BCUT2D eigenvalue weighted by atomic mass is 10.3. The van der Waals surface area contributed by atoms with E-state index in [2.05, 4.69) is 31.5 Å². The van der Waals surface area contributed by atoms with Gasteiger partial charge in [0.1, 0.15) is 6.54 Å². The highest BCUT2D eigenvalue weighted by Crippen LogP contribution is 2.31. The number of aromatic nitrogens is 2. The van der Waals surface area contributed by atoms with Crippen LogP contribution in [0, 0.1) is 0 Å². The summed E-state index contributed by atoms with van der Waals surface area (Å²) in [6.45, 7) is -0.994. The Morgan fingerprint density at radius 1 is 1.04 bits per heavy atom. The summed E-state index contributed by atoms with van der Waals surface area (Å²) in [5.74, 6) is -2.41. The predicted octanol–water partition coefficient (Wildman–Crippen LogP) is 3.57. The number of anilines is 1. The number of nitrogens with one attached hydrogen (secondary N) is 2. The Morgan fingerprint density at radius 3 is 2.43 bits per heavy atom. The number of hydrogen-bond acceptors (Lipinski definition) is 3. The van der Waals surface area contributed by atoms with E-state index >= 15 is 0 Å². The molecule has 1 aromatic heterocycles. The van der Waals surface area contributed by atoms with Crippen molar-refractivity contribution in [1.29, 1.82) is 0 Å². The molecule has 28 heavy (non-hydrogen) atoms. The molecule has 2 N–H and O–H groups in total. The number of nitrogens with zero attached hydrogens (tertiary/aromatic N) is 2. The van der Waals surface area contributed by atoms with Crippen molar-refractivity contribution in [1.82, 2.24) is 14.9 Å². The number of benzene rings is 2. The predicted molar refractivity (Wildman–Crippen MR) is 101 cm³/mol. The van der Waals surface area contributed by atoms with Gasteiger partial charge in [0, 0.05) is 4.47 Å². The van der Waals surface area contributed by atoms with Crippen molar-refractivity contribution in [3.8, 4) is 0 Å². The first-order valence-corrected chi connectivity index (χ1v) is 8.88. The molecule has 0 aliphatic rings. The largest absolute Gasteiger partial charge is 0.449 e. The number of carbonyl (C=O) groups excluding carboxylic acids is 2. The van der Waals surface area contributed by atoms with Crippen molar-refractivity contribution in [2.45, 2.75) is 12.7 Å². The standard InChI is InChI=1S/C18H14BrF3N4O2/c19-11-5-1-2-6-12(11)24-15(27)9-23-16(28)10-26-14-8-4-3-7-13(14)25-17(26)18(20,21)22/h1-8H,9-10H2,(H,23,28)(H,24,27). The van der Waals surface area contributed by atoms with Crippen molar-refractivity contribution in [2.24, 2.45) is 0 Å². The van der Waals surface area contributed by atoms with Crippen molar-refractivity contribution in [3.63, 3.8) is 0 Å². The van der Waals surface area contributed by atoms with Crippen molar-refractivity contribution >= 4 is 44.5 Å². The molecule has 6 nitrogen and oxygen atoms in total. The summed E-state index contributed by atoms with van der Waals surface area (Å²) in [5, 5.41) is 4.91. The highest BCUT2D eigenvalue weighted by Gasteiger charge is 2.38. The maximum atomic E-state index is 13.2. The Hall–Kier alpha value is -2.88. The second kappa shape index (κ2) is 8.01. The minimum absolute atomic E-state index is 0.134. The van der Waals surface area contributed by atoms with Gasteiger partial charge >= 0.3 is 6.18 Å². The molecule has 3 rings (SSSR count). The van der Waals surface area contributed by atoms with Gasteiger partial charge in [0.15, 0.2) is 0 Å². The van der Waals surface area contributed by atoms with E-state index in [1.54, 1.807) is 36.4 Å². The van der Waals surface area contributed by atoms with Gasteiger partial charge in [-0.1, -0.05) is 24.3 Å². The van der Waals surface area contributed by atoms with E-state index in [0.29, 0.717) is 10.2 Å². The number of carbonyl (C=O) groups is 2. The number of halogens is 4. The highest BCUT2D eigenvalue weighted by atomic mass is 79.9. The topological polar surface area (TPSA) is 76.0 Å². The Kier molecular flexibility index (Phi) is 5.68. The van der Waals surface area contributed by atoms with Crippen LogP contribution in [0.25, 0.3) is 11.0 Å². The fourth-order valence-corrected chi connectivity index (χ4v) is 2.97. The Labute approximate surface area is 165 Å². The second-order valence-corrected chi connectivity index (χ2v) is 6.67. The Balaban J connectivity index is 1.68. The summed E-state index contributed by atoms with van der Waals surface area (Å²) in [4.78, 5) is 27.7. The fourth-order valence-electron chi connectivity index (χ4n) is 2.59. The molecule has 2 amide bonds. The van der Waals surface area contributed by atoms with Crippen molar-refractivity contribution < 1.29 is 22.8 Å². The molecule has 0 saturated heterocycles. The van der Waals surface area contributed by atoms with Crippen LogP contribution in [0.1, 0.15) is 5.82 Å². The average molecular weight is 455 g/mol. The molecule has 0 fully saturated rings. The smallest absolute Gasteiger partial charge is 0.345 e. The summed E-state index contributed by atoms with van der Waals surface area (Å²) < 4.78 is 41.2. The lowest BCUT2D eigenvalue weighted by Crippen LogP contribution is -2.35. The number of amides is 2. The first kappa shape index (κ1) is 19.9. The molecule has 0 unspecified atom stereocenters. The SMILES string of the molecule is O=C(Cn1c(C(F)(F)F)nc2ccccc21)NCC(=O)Nc1ccccc1Br. The van der Waals surface area contributed by atoms with Crippen LogP contribution in [-0.4, -0.2) is 27.9 Å². The normalized spacial score (nSPS) is 11.4. The van der Waals surface area contributed by atoms with Gasteiger partial charge in [0.2, 0.25) is 17.6 Å². The summed E-state index contributed by atoms with van der Waals surface area (Å²) in [6, 6.07) is 12.9. The van der Waals surface area contributed by atoms with Crippen molar-refractivity contribution in [2.75, 3.05) is 11.9 Å². The van der Waals surface area contributed by atoms with Crippen LogP contribution in [0.5, 0.6) is 0 Å². The monoisotopic (exact) mass is 454 g/mol. The molecule has 1 heterocycles.